The van der Waals surface area contributed by atoms with E-state index in [1.165, 1.54) is 23.9 Å². The van der Waals surface area contributed by atoms with Gasteiger partial charge in [0.25, 0.3) is 5.91 Å². The van der Waals surface area contributed by atoms with Crippen LogP contribution in [0.5, 0.6) is 0 Å². The summed E-state index contributed by atoms with van der Waals surface area (Å²) in [7, 11) is 3.92. The molecule has 0 N–H and O–H groups in total. The molecule has 1 aromatic heterocycles. The zero-order chi connectivity index (χ0) is 19.0. The van der Waals surface area contributed by atoms with Gasteiger partial charge >= 0.3 is 0 Å². The van der Waals surface area contributed by atoms with Crippen molar-refractivity contribution < 1.29 is 9.59 Å². The van der Waals surface area contributed by atoms with E-state index >= 15 is 0 Å². The van der Waals surface area contributed by atoms with Crippen molar-refractivity contribution in [2.45, 2.75) is 32.1 Å². The smallest absolute Gasteiger partial charge is 0.293 e. The van der Waals surface area contributed by atoms with Gasteiger partial charge in [-0.25, -0.2) is 4.98 Å². The molecular weight excluding hydrogens is 344 g/mol. The van der Waals surface area contributed by atoms with E-state index in [1.54, 1.807) is 11.9 Å². The zero-order valence-electron chi connectivity index (χ0n) is 16.4. The second kappa shape index (κ2) is 7.22. The van der Waals surface area contributed by atoms with Gasteiger partial charge in [0.1, 0.15) is 6.33 Å². The highest BCUT2D eigenvalue weighted by atomic mass is 16.2. The van der Waals surface area contributed by atoms with Gasteiger partial charge in [-0.05, 0) is 58.2 Å². The topological polar surface area (TPSA) is 74.6 Å². The highest BCUT2D eigenvalue weighted by Gasteiger charge is 2.50. The number of aryl methyl sites for hydroxylation is 1. The van der Waals surface area contributed by atoms with Crippen LogP contribution in [0.4, 0.5) is 0 Å². The minimum absolute atomic E-state index is 0.156. The van der Waals surface area contributed by atoms with Gasteiger partial charge in [0.2, 0.25) is 11.7 Å². The predicted octanol–water partition coefficient (Wildman–Crippen LogP) is 0.612. The van der Waals surface area contributed by atoms with E-state index in [-0.39, 0.29) is 17.6 Å². The molecule has 1 aromatic rings. The summed E-state index contributed by atoms with van der Waals surface area (Å²) in [6.07, 6.45) is 6.49. The Morgan fingerprint density at radius 2 is 1.96 bits per heavy atom. The normalized spacial score (nSPS) is 27.7. The lowest BCUT2D eigenvalue weighted by molar-refractivity contribution is -0.138. The van der Waals surface area contributed by atoms with E-state index in [9.17, 15) is 9.59 Å². The summed E-state index contributed by atoms with van der Waals surface area (Å²) >= 11 is 0. The van der Waals surface area contributed by atoms with Crippen LogP contribution < -0.4 is 0 Å². The highest BCUT2D eigenvalue weighted by Crippen LogP contribution is 2.41. The Labute approximate surface area is 160 Å². The van der Waals surface area contributed by atoms with Gasteiger partial charge in [-0.1, -0.05) is 0 Å². The average molecular weight is 374 g/mol. The summed E-state index contributed by atoms with van der Waals surface area (Å²) in [5.74, 6) is 0.937. The van der Waals surface area contributed by atoms with Crippen molar-refractivity contribution in [3.63, 3.8) is 0 Å². The number of rotatable bonds is 3. The predicted molar refractivity (Wildman–Crippen MR) is 100.0 cm³/mol. The zero-order valence-corrected chi connectivity index (χ0v) is 16.4. The lowest BCUT2D eigenvalue weighted by Gasteiger charge is -2.39. The van der Waals surface area contributed by atoms with Crippen molar-refractivity contribution in [3.8, 4) is 0 Å². The fourth-order valence-electron chi connectivity index (χ4n) is 4.89. The van der Waals surface area contributed by atoms with E-state index in [2.05, 4.69) is 26.9 Å². The molecule has 0 bridgehead atoms. The second-order valence-corrected chi connectivity index (χ2v) is 8.60. The molecule has 8 nitrogen and oxygen atoms in total. The van der Waals surface area contributed by atoms with Gasteiger partial charge in [-0.3, -0.25) is 14.3 Å². The van der Waals surface area contributed by atoms with Gasteiger partial charge in [-0.2, -0.15) is 0 Å². The van der Waals surface area contributed by atoms with E-state index in [0.29, 0.717) is 19.0 Å². The summed E-state index contributed by atoms with van der Waals surface area (Å²) in [6, 6.07) is 0. The van der Waals surface area contributed by atoms with Crippen molar-refractivity contribution in [1.82, 2.24) is 29.5 Å². The first-order chi connectivity index (χ1) is 13.0. The molecule has 3 fully saturated rings. The maximum absolute atomic E-state index is 13.3. The average Bonchev–Trinajstić information content (AvgIpc) is 3.22. The third-order valence-corrected chi connectivity index (χ3v) is 6.57. The molecule has 0 aromatic carbocycles. The number of amides is 2. The lowest BCUT2D eigenvalue weighted by Crippen LogP contribution is -2.50. The SMILES string of the molecule is CN1CCC(CN2CC[C@]3(CCCN(C(=O)c4ncn(C)n4)C3)C2=O)CC1. The number of hydrogen-bond acceptors (Lipinski definition) is 5. The Morgan fingerprint density at radius 3 is 2.67 bits per heavy atom. The van der Waals surface area contributed by atoms with Crippen LogP contribution >= 0.6 is 0 Å². The Balaban J connectivity index is 1.40. The van der Waals surface area contributed by atoms with Crippen LogP contribution in [-0.2, 0) is 11.8 Å². The minimum atomic E-state index is -0.395. The molecular formula is C19H30N6O2. The molecule has 4 heterocycles. The first kappa shape index (κ1) is 18.4. The molecule has 0 radical (unpaired) electrons. The molecule has 1 atom stereocenters. The molecule has 0 aliphatic carbocycles. The van der Waals surface area contributed by atoms with Crippen LogP contribution in [0.15, 0.2) is 6.33 Å². The number of nitrogens with zero attached hydrogens (tertiary/aromatic N) is 6. The molecule has 0 unspecified atom stereocenters. The third-order valence-electron chi connectivity index (χ3n) is 6.57. The minimum Gasteiger partial charge on any atom is -0.342 e. The monoisotopic (exact) mass is 374 g/mol. The maximum atomic E-state index is 13.3. The van der Waals surface area contributed by atoms with Gasteiger partial charge in [0.05, 0.1) is 5.41 Å². The van der Waals surface area contributed by atoms with E-state index in [0.717, 1.165) is 45.4 Å². The first-order valence-corrected chi connectivity index (χ1v) is 10.1. The summed E-state index contributed by atoms with van der Waals surface area (Å²) < 4.78 is 1.54. The summed E-state index contributed by atoms with van der Waals surface area (Å²) in [5, 5.41) is 4.13. The molecule has 148 valence electrons. The van der Waals surface area contributed by atoms with Crippen molar-refractivity contribution in [1.29, 1.82) is 0 Å². The van der Waals surface area contributed by atoms with E-state index in [1.807, 2.05) is 0 Å². The molecule has 4 rings (SSSR count). The molecule has 8 heteroatoms. The fraction of sp³-hybridized carbons (Fsp3) is 0.789. The van der Waals surface area contributed by atoms with Gasteiger partial charge < -0.3 is 14.7 Å². The van der Waals surface area contributed by atoms with Crippen LogP contribution in [0, 0.1) is 11.3 Å². The standard InChI is InChI=1S/C19H30N6O2/c1-22-9-4-15(5-10-22)12-24-11-7-19(18(24)27)6-3-8-25(13-19)17(26)16-20-14-23(2)21-16/h14-15H,3-13H2,1-2H3/t19-/m0/s1. The van der Waals surface area contributed by atoms with E-state index in [4.69, 9.17) is 0 Å². The number of carbonyl (C=O) groups is 2. The Morgan fingerprint density at radius 1 is 1.19 bits per heavy atom. The molecule has 27 heavy (non-hydrogen) atoms. The number of hydrogen-bond donors (Lipinski definition) is 0. The quantitative estimate of drug-likeness (QED) is 0.775. The number of likely N-dealkylation sites (tertiary alicyclic amines) is 3. The Bertz CT molecular complexity index is 711. The van der Waals surface area contributed by atoms with Crippen LogP contribution in [0.3, 0.4) is 0 Å². The molecule has 2 amide bonds. The third kappa shape index (κ3) is 3.59. The number of piperidine rings is 2. The summed E-state index contributed by atoms with van der Waals surface area (Å²) in [6.45, 7) is 5.14. The van der Waals surface area contributed by atoms with E-state index < -0.39 is 5.41 Å². The Kier molecular flexibility index (Phi) is 4.92. The molecule has 3 aliphatic rings. The maximum Gasteiger partial charge on any atom is 0.293 e. The first-order valence-electron chi connectivity index (χ1n) is 10.1. The van der Waals surface area contributed by atoms with Gasteiger partial charge in [0.15, 0.2) is 0 Å². The Hall–Kier alpha value is -1.96. The summed E-state index contributed by atoms with van der Waals surface area (Å²) in [4.78, 5) is 36.3. The molecule has 1 spiro atoms. The van der Waals surface area contributed by atoms with Crippen LogP contribution in [-0.4, -0.2) is 87.6 Å². The van der Waals surface area contributed by atoms with Crippen molar-refractivity contribution >= 4 is 11.8 Å². The van der Waals surface area contributed by atoms with Crippen LogP contribution in [0.25, 0.3) is 0 Å². The van der Waals surface area contributed by atoms with Gasteiger partial charge in [-0.15, -0.1) is 5.10 Å². The highest BCUT2D eigenvalue weighted by molar-refractivity contribution is 5.92. The van der Waals surface area contributed by atoms with Gasteiger partial charge in [0, 0.05) is 33.2 Å². The molecule has 3 saturated heterocycles. The van der Waals surface area contributed by atoms with Crippen molar-refractivity contribution in [3.05, 3.63) is 12.2 Å². The molecule has 3 aliphatic heterocycles. The van der Waals surface area contributed by atoms with Crippen molar-refractivity contribution in [2.75, 3.05) is 46.3 Å². The molecule has 0 saturated carbocycles. The second-order valence-electron chi connectivity index (χ2n) is 8.60. The largest absolute Gasteiger partial charge is 0.342 e. The fourth-order valence-corrected chi connectivity index (χ4v) is 4.89. The number of carbonyl (C=O) groups excluding carboxylic acids is 2. The lowest BCUT2D eigenvalue weighted by atomic mass is 9.78. The summed E-state index contributed by atoms with van der Waals surface area (Å²) in [5.41, 5.74) is -0.395. The van der Waals surface area contributed by atoms with Crippen molar-refractivity contribution in [2.24, 2.45) is 18.4 Å². The number of aromatic nitrogens is 3. The van der Waals surface area contributed by atoms with Crippen LogP contribution in [0.1, 0.15) is 42.7 Å². The van der Waals surface area contributed by atoms with Crippen LogP contribution in [0.2, 0.25) is 0 Å².